The van der Waals surface area contributed by atoms with Crippen LogP contribution in [0.15, 0.2) is 52.3 Å². The number of nitrogens with two attached hydrogens (primary N) is 2. The minimum atomic E-state index is -4.17. The second-order valence-electron chi connectivity index (χ2n) is 5.74. The summed E-state index contributed by atoms with van der Waals surface area (Å²) in [6.45, 7) is 0.894. The summed E-state index contributed by atoms with van der Waals surface area (Å²) in [4.78, 5) is 23.5. The van der Waals surface area contributed by atoms with E-state index in [0.717, 1.165) is 6.07 Å². The summed E-state index contributed by atoms with van der Waals surface area (Å²) in [5, 5.41) is 12.4. The van der Waals surface area contributed by atoms with Crippen LogP contribution < -0.4 is 15.6 Å². The summed E-state index contributed by atoms with van der Waals surface area (Å²) in [6, 6.07) is 9.06. The van der Waals surface area contributed by atoms with Crippen molar-refractivity contribution in [1.29, 1.82) is 0 Å². The summed E-state index contributed by atoms with van der Waals surface area (Å²) in [6.07, 6.45) is 0. The molecule has 1 amide bonds. The average Bonchev–Trinajstić information content (AvgIpc) is 2.58. The molecule has 5 N–H and O–H groups in total. The van der Waals surface area contributed by atoms with Crippen molar-refractivity contribution in [2.75, 3.05) is 11.9 Å². The van der Waals surface area contributed by atoms with E-state index in [-0.39, 0.29) is 16.1 Å². The quantitative estimate of drug-likeness (QED) is 0.547. The van der Waals surface area contributed by atoms with E-state index in [1.165, 1.54) is 36.4 Å². The van der Waals surface area contributed by atoms with Crippen LogP contribution in [0, 0.1) is 6.92 Å². The van der Waals surface area contributed by atoms with Crippen LogP contribution in [0.3, 0.4) is 0 Å². The van der Waals surface area contributed by atoms with Gasteiger partial charge in [0.05, 0.1) is 15.4 Å². The molecule has 0 bridgehead atoms. The Morgan fingerprint density at radius 1 is 1.00 bits per heavy atom. The summed E-state index contributed by atoms with van der Waals surface area (Å²) in [5.41, 5.74) is 0.406. The van der Waals surface area contributed by atoms with Gasteiger partial charge in [-0.3, -0.25) is 4.79 Å². The number of rotatable bonds is 6. The molecule has 0 aromatic heterocycles. The molecule has 0 atom stereocenters. The fraction of sp³-hybridized carbons (Fsp3) is 0.125. The van der Waals surface area contributed by atoms with Gasteiger partial charge in [0.25, 0.3) is 5.91 Å². The Bertz CT molecular complexity index is 1140. The highest BCUT2D eigenvalue weighted by molar-refractivity contribution is 7.89. The Kier molecular flexibility index (Phi) is 6.19. The first-order valence-electron chi connectivity index (χ1n) is 7.61. The SMILES string of the molecule is Cc1ccc(S(N)(=O)=O)c(C(=O)OCC(=O)Nc2cccc(S(N)(=O)=O)c2)c1. The summed E-state index contributed by atoms with van der Waals surface area (Å²) >= 11 is 0. The predicted octanol–water partition coefficient (Wildman–Crippen LogP) is 0.0853. The largest absolute Gasteiger partial charge is 0.452 e. The van der Waals surface area contributed by atoms with Gasteiger partial charge in [0.15, 0.2) is 6.61 Å². The Morgan fingerprint density at radius 3 is 2.29 bits per heavy atom. The fourth-order valence-electron chi connectivity index (χ4n) is 2.21. The van der Waals surface area contributed by atoms with E-state index in [4.69, 9.17) is 15.0 Å². The highest BCUT2D eigenvalue weighted by Gasteiger charge is 2.21. The first-order valence-corrected chi connectivity index (χ1v) is 10.7. The van der Waals surface area contributed by atoms with Gasteiger partial charge in [-0.05, 0) is 37.3 Å². The number of hydrogen-bond acceptors (Lipinski definition) is 7. The monoisotopic (exact) mass is 427 g/mol. The average molecular weight is 427 g/mol. The molecule has 2 rings (SSSR count). The molecule has 0 aliphatic rings. The molecule has 2 aromatic carbocycles. The summed E-state index contributed by atoms with van der Waals surface area (Å²) in [7, 11) is -8.12. The van der Waals surface area contributed by atoms with Crippen LogP contribution in [0.2, 0.25) is 0 Å². The lowest BCUT2D eigenvalue weighted by Crippen LogP contribution is -2.23. The third-order valence-corrected chi connectivity index (χ3v) is 5.32. The van der Waals surface area contributed by atoms with E-state index in [1.807, 2.05) is 0 Å². The van der Waals surface area contributed by atoms with Gasteiger partial charge in [-0.2, -0.15) is 0 Å². The van der Waals surface area contributed by atoms with Crippen molar-refractivity contribution < 1.29 is 31.2 Å². The van der Waals surface area contributed by atoms with Crippen molar-refractivity contribution in [1.82, 2.24) is 0 Å². The minimum Gasteiger partial charge on any atom is -0.452 e. The van der Waals surface area contributed by atoms with E-state index in [9.17, 15) is 26.4 Å². The molecule has 0 spiro atoms. The van der Waals surface area contributed by atoms with E-state index in [2.05, 4.69) is 5.32 Å². The van der Waals surface area contributed by atoms with Crippen LogP contribution >= 0.6 is 0 Å². The fourth-order valence-corrected chi connectivity index (χ4v) is 3.47. The zero-order chi connectivity index (χ0) is 21.1. The second kappa shape index (κ2) is 8.06. The molecule has 0 heterocycles. The van der Waals surface area contributed by atoms with E-state index >= 15 is 0 Å². The van der Waals surface area contributed by atoms with Crippen LogP contribution in [-0.4, -0.2) is 35.3 Å². The molecule has 0 aliphatic carbocycles. The first kappa shape index (κ1) is 21.5. The standard InChI is InChI=1S/C16H17N3O7S2/c1-10-5-6-14(28(18,24)25)13(7-10)16(21)26-9-15(20)19-11-3-2-4-12(8-11)27(17,22)23/h2-8H,9H2,1H3,(H,19,20)(H2,17,22,23)(H2,18,24,25). The van der Waals surface area contributed by atoms with Gasteiger partial charge in [-0.25, -0.2) is 31.9 Å². The van der Waals surface area contributed by atoms with Crippen LogP contribution in [0.5, 0.6) is 0 Å². The molecule has 0 saturated heterocycles. The van der Waals surface area contributed by atoms with Gasteiger partial charge >= 0.3 is 5.97 Å². The zero-order valence-corrected chi connectivity index (χ0v) is 16.2. The maximum absolute atomic E-state index is 12.2. The smallest absolute Gasteiger partial charge is 0.340 e. The molecule has 0 aliphatic heterocycles. The van der Waals surface area contributed by atoms with Crippen LogP contribution in [0.1, 0.15) is 15.9 Å². The second-order valence-corrected chi connectivity index (χ2v) is 8.83. The van der Waals surface area contributed by atoms with E-state index in [1.54, 1.807) is 6.92 Å². The molecule has 2 aromatic rings. The van der Waals surface area contributed by atoms with Gasteiger partial charge in [0.1, 0.15) is 0 Å². The topological polar surface area (TPSA) is 176 Å². The van der Waals surface area contributed by atoms with E-state index in [0.29, 0.717) is 5.56 Å². The third-order valence-electron chi connectivity index (χ3n) is 3.44. The van der Waals surface area contributed by atoms with Gasteiger partial charge in [-0.1, -0.05) is 17.7 Å². The molecule has 0 saturated carbocycles. The van der Waals surface area contributed by atoms with Crippen molar-refractivity contribution in [2.24, 2.45) is 10.3 Å². The van der Waals surface area contributed by atoms with Crippen molar-refractivity contribution in [2.45, 2.75) is 16.7 Å². The number of sulfonamides is 2. The van der Waals surface area contributed by atoms with Crippen LogP contribution in [0.25, 0.3) is 0 Å². The number of ether oxygens (including phenoxy) is 1. The summed E-state index contributed by atoms with van der Waals surface area (Å²) < 4.78 is 50.7. The van der Waals surface area contributed by atoms with Gasteiger partial charge in [-0.15, -0.1) is 0 Å². The molecule has 150 valence electrons. The number of aryl methyl sites for hydroxylation is 1. The number of primary sulfonamides is 2. The normalized spacial score (nSPS) is 11.7. The highest BCUT2D eigenvalue weighted by Crippen LogP contribution is 2.18. The van der Waals surface area contributed by atoms with Crippen molar-refractivity contribution in [3.8, 4) is 0 Å². The Hall–Kier alpha value is -2.80. The summed E-state index contributed by atoms with van der Waals surface area (Å²) in [5.74, 6) is -1.83. The number of carbonyl (C=O) groups excluding carboxylic acids is 2. The molecule has 10 nitrogen and oxygen atoms in total. The Balaban J connectivity index is 2.10. The highest BCUT2D eigenvalue weighted by atomic mass is 32.2. The number of hydrogen-bond donors (Lipinski definition) is 3. The van der Waals surface area contributed by atoms with Crippen LogP contribution in [-0.2, 0) is 29.6 Å². The minimum absolute atomic E-state index is 0.119. The third kappa shape index (κ3) is 5.60. The molecular formula is C16H17N3O7S2. The zero-order valence-electron chi connectivity index (χ0n) is 14.6. The predicted molar refractivity (Wildman–Crippen MR) is 99.3 cm³/mol. The van der Waals surface area contributed by atoms with E-state index < -0.39 is 43.4 Å². The number of nitrogens with one attached hydrogen (secondary N) is 1. The maximum atomic E-state index is 12.2. The lowest BCUT2D eigenvalue weighted by molar-refractivity contribution is -0.119. The first-order chi connectivity index (χ1) is 12.9. The van der Waals surface area contributed by atoms with Gasteiger partial charge < -0.3 is 10.1 Å². The van der Waals surface area contributed by atoms with Crippen molar-refractivity contribution in [3.05, 3.63) is 53.6 Å². The number of carbonyl (C=O) groups is 2. The molecule has 12 heteroatoms. The van der Waals surface area contributed by atoms with Crippen molar-refractivity contribution >= 4 is 37.6 Å². The van der Waals surface area contributed by atoms with Gasteiger partial charge in [0.2, 0.25) is 20.0 Å². The Morgan fingerprint density at radius 2 is 1.68 bits per heavy atom. The lowest BCUT2D eigenvalue weighted by Gasteiger charge is -2.10. The Labute approximate surface area is 161 Å². The molecular weight excluding hydrogens is 410 g/mol. The molecule has 0 unspecified atom stereocenters. The van der Waals surface area contributed by atoms with Crippen molar-refractivity contribution in [3.63, 3.8) is 0 Å². The lowest BCUT2D eigenvalue weighted by atomic mass is 10.1. The molecule has 28 heavy (non-hydrogen) atoms. The number of anilines is 1. The number of amides is 1. The number of benzene rings is 2. The molecule has 0 fully saturated rings. The maximum Gasteiger partial charge on any atom is 0.340 e. The van der Waals surface area contributed by atoms with Crippen LogP contribution in [0.4, 0.5) is 5.69 Å². The van der Waals surface area contributed by atoms with Gasteiger partial charge in [0, 0.05) is 5.69 Å². The molecule has 0 radical (unpaired) electrons. The number of esters is 1.